The Kier molecular flexibility index (Phi) is 26.7. The monoisotopic (exact) mass is 482 g/mol. The predicted octanol–water partition coefficient (Wildman–Crippen LogP) is 6.86. The van der Waals surface area contributed by atoms with Crippen LogP contribution in [0.3, 0.4) is 0 Å². The number of allylic oxidation sites excluding steroid dienone is 3. The standard InChI is InChI=1S/C32H50O3/c1-2-31(34)27-23-20-18-16-14-12-10-8-6-4-3-5-7-9-11-13-15-17-19-21-24-28-32(35)29-25-22-26-30-33/h1,3,5,23,27,31-35H,4,6-21,24,28,30H2. The summed E-state index contributed by atoms with van der Waals surface area (Å²) in [6, 6.07) is 0. The molecule has 2 unspecified atom stereocenters. The van der Waals surface area contributed by atoms with Crippen LogP contribution in [0.1, 0.15) is 122 Å². The molecule has 0 heterocycles. The Labute approximate surface area is 216 Å². The first-order valence-electron chi connectivity index (χ1n) is 13.9. The molecule has 0 saturated heterocycles. The molecule has 0 aromatic heterocycles. The van der Waals surface area contributed by atoms with Gasteiger partial charge in [0.05, 0.1) is 0 Å². The number of terminal acetylenes is 1. The number of hydrogen-bond donors (Lipinski definition) is 3. The molecular formula is C32H50O3. The van der Waals surface area contributed by atoms with Gasteiger partial charge in [0.1, 0.15) is 18.8 Å². The van der Waals surface area contributed by atoms with Crippen molar-refractivity contribution in [2.24, 2.45) is 0 Å². The highest BCUT2D eigenvalue weighted by molar-refractivity contribution is 5.27. The van der Waals surface area contributed by atoms with E-state index in [2.05, 4.69) is 41.8 Å². The van der Waals surface area contributed by atoms with Crippen molar-refractivity contribution >= 4 is 0 Å². The van der Waals surface area contributed by atoms with Crippen molar-refractivity contribution in [3.05, 3.63) is 24.3 Å². The molecule has 0 fully saturated rings. The van der Waals surface area contributed by atoms with Crippen LogP contribution in [0.2, 0.25) is 0 Å². The highest BCUT2D eigenvalue weighted by Gasteiger charge is 1.99. The zero-order valence-corrected chi connectivity index (χ0v) is 22.0. The average molecular weight is 483 g/mol. The summed E-state index contributed by atoms with van der Waals surface area (Å²) in [7, 11) is 0. The van der Waals surface area contributed by atoms with Crippen molar-refractivity contribution in [3.63, 3.8) is 0 Å². The maximum absolute atomic E-state index is 9.71. The van der Waals surface area contributed by atoms with E-state index < -0.39 is 12.2 Å². The van der Waals surface area contributed by atoms with Crippen LogP contribution in [0.25, 0.3) is 0 Å². The molecular weight excluding hydrogens is 432 g/mol. The topological polar surface area (TPSA) is 60.7 Å². The summed E-state index contributed by atoms with van der Waals surface area (Å²) in [6.45, 7) is -0.188. The third-order valence-corrected chi connectivity index (χ3v) is 5.96. The highest BCUT2D eigenvalue weighted by Crippen LogP contribution is 2.13. The summed E-state index contributed by atoms with van der Waals surface area (Å²) in [5.74, 6) is 12.5. The lowest BCUT2D eigenvalue weighted by molar-refractivity contribution is 0.217. The van der Waals surface area contributed by atoms with E-state index in [1.807, 2.05) is 6.08 Å². The van der Waals surface area contributed by atoms with Crippen LogP contribution in [0.15, 0.2) is 24.3 Å². The Balaban J connectivity index is 3.27. The van der Waals surface area contributed by atoms with Crippen LogP contribution < -0.4 is 0 Å². The van der Waals surface area contributed by atoms with E-state index in [-0.39, 0.29) is 6.61 Å². The number of unbranched alkanes of at least 4 members (excludes halogenated alkanes) is 16. The maximum Gasteiger partial charge on any atom is 0.133 e. The summed E-state index contributed by atoms with van der Waals surface area (Å²) in [4.78, 5) is 0. The Hall–Kier alpha value is -1.96. The third kappa shape index (κ3) is 28.2. The molecule has 3 heteroatoms. The van der Waals surface area contributed by atoms with E-state index in [1.165, 1.54) is 96.3 Å². The summed E-state index contributed by atoms with van der Waals surface area (Å²) in [5, 5.41) is 27.5. The first-order valence-corrected chi connectivity index (χ1v) is 13.9. The molecule has 0 aliphatic carbocycles. The highest BCUT2D eigenvalue weighted by atomic mass is 16.3. The van der Waals surface area contributed by atoms with Crippen LogP contribution in [-0.2, 0) is 0 Å². The maximum atomic E-state index is 9.71. The summed E-state index contributed by atoms with van der Waals surface area (Å²) in [5.41, 5.74) is 0. The van der Waals surface area contributed by atoms with Crippen LogP contribution >= 0.6 is 0 Å². The molecule has 0 bridgehead atoms. The van der Waals surface area contributed by atoms with Crippen LogP contribution in [-0.4, -0.2) is 34.1 Å². The lowest BCUT2D eigenvalue weighted by Gasteiger charge is -2.03. The Morgan fingerprint density at radius 3 is 1.54 bits per heavy atom. The minimum atomic E-state index is -0.726. The van der Waals surface area contributed by atoms with E-state index in [0.717, 1.165) is 19.3 Å². The number of rotatable bonds is 22. The molecule has 0 aliphatic heterocycles. The minimum Gasteiger partial charge on any atom is -0.384 e. The minimum absolute atomic E-state index is 0.188. The molecule has 3 N–H and O–H groups in total. The average Bonchev–Trinajstić information content (AvgIpc) is 2.86. The van der Waals surface area contributed by atoms with Gasteiger partial charge in [-0.15, -0.1) is 6.42 Å². The van der Waals surface area contributed by atoms with Crippen LogP contribution in [0.4, 0.5) is 0 Å². The quantitative estimate of drug-likeness (QED) is 0.0897. The zero-order valence-electron chi connectivity index (χ0n) is 22.0. The van der Waals surface area contributed by atoms with Crippen LogP contribution in [0.5, 0.6) is 0 Å². The number of hydrogen-bond acceptors (Lipinski definition) is 3. The molecule has 0 rings (SSSR count). The van der Waals surface area contributed by atoms with Crippen molar-refractivity contribution in [1.82, 2.24) is 0 Å². The molecule has 0 aromatic carbocycles. The molecule has 0 spiro atoms. The molecule has 0 saturated carbocycles. The van der Waals surface area contributed by atoms with E-state index in [1.54, 1.807) is 6.08 Å². The SMILES string of the molecule is C#CC(O)C=CCCCCCCCCCC=CCCCCCCCCCCC(O)C#CC#CCO. The molecule has 35 heavy (non-hydrogen) atoms. The second-order valence-electron chi connectivity index (χ2n) is 9.21. The lowest BCUT2D eigenvalue weighted by atomic mass is 10.0. The van der Waals surface area contributed by atoms with Crippen molar-refractivity contribution in [2.75, 3.05) is 6.61 Å². The predicted molar refractivity (Wildman–Crippen MR) is 149 cm³/mol. The van der Waals surface area contributed by atoms with Gasteiger partial charge in [0.25, 0.3) is 0 Å². The third-order valence-electron chi connectivity index (χ3n) is 5.96. The fourth-order valence-corrected chi connectivity index (χ4v) is 3.86. The van der Waals surface area contributed by atoms with E-state index in [0.29, 0.717) is 6.42 Å². The Morgan fingerprint density at radius 2 is 1.06 bits per heavy atom. The van der Waals surface area contributed by atoms with Gasteiger partial charge in [0, 0.05) is 0 Å². The molecule has 0 radical (unpaired) electrons. The second-order valence-corrected chi connectivity index (χ2v) is 9.21. The van der Waals surface area contributed by atoms with E-state index in [9.17, 15) is 10.2 Å². The normalized spacial score (nSPS) is 12.6. The molecule has 196 valence electrons. The molecule has 0 aromatic rings. The molecule has 3 nitrogen and oxygen atoms in total. The van der Waals surface area contributed by atoms with E-state index in [4.69, 9.17) is 11.5 Å². The first-order chi connectivity index (χ1) is 17.2. The van der Waals surface area contributed by atoms with Gasteiger partial charge in [-0.25, -0.2) is 0 Å². The first kappa shape index (κ1) is 33.0. The van der Waals surface area contributed by atoms with Gasteiger partial charge in [-0.05, 0) is 69.3 Å². The number of aliphatic hydroxyl groups is 3. The van der Waals surface area contributed by atoms with Crippen molar-refractivity contribution in [2.45, 2.75) is 134 Å². The zero-order chi connectivity index (χ0) is 25.7. The van der Waals surface area contributed by atoms with Crippen molar-refractivity contribution in [3.8, 4) is 36.0 Å². The summed E-state index contributed by atoms with van der Waals surface area (Å²) >= 11 is 0. The largest absolute Gasteiger partial charge is 0.384 e. The van der Waals surface area contributed by atoms with Gasteiger partial charge < -0.3 is 15.3 Å². The van der Waals surface area contributed by atoms with Gasteiger partial charge >= 0.3 is 0 Å². The Morgan fingerprint density at radius 1 is 0.600 bits per heavy atom. The number of aliphatic hydroxyl groups excluding tert-OH is 3. The van der Waals surface area contributed by atoms with Gasteiger partial charge in [-0.1, -0.05) is 107 Å². The van der Waals surface area contributed by atoms with E-state index >= 15 is 0 Å². The van der Waals surface area contributed by atoms with Crippen molar-refractivity contribution < 1.29 is 15.3 Å². The van der Waals surface area contributed by atoms with Crippen LogP contribution in [0, 0.1) is 36.0 Å². The van der Waals surface area contributed by atoms with Crippen molar-refractivity contribution in [1.29, 1.82) is 0 Å². The molecule has 0 amide bonds. The summed E-state index contributed by atoms with van der Waals surface area (Å²) < 4.78 is 0. The van der Waals surface area contributed by atoms with Gasteiger partial charge in [-0.2, -0.15) is 0 Å². The Bertz CT molecular complexity index is 678. The lowest BCUT2D eigenvalue weighted by Crippen LogP contribution is -2.01. The van der Waals surface area contributed by atoms with Gasteiger partial charge in [0.15, 0.2) is 0 Å². The summed E-state index contributed by atoms with van der Waals surface area (Å²) in [6.07, 6.45) is 35.4. The second kappa shape index (κ2) is 28.3. The van der Waals surface area contributed by atoms with Gasteiger partial charge in [-0.3, -0.25) is 0 Å². The smallest absolute Gasteiger partial charge is 0.133 e. The fourth-order valence-electron chi connectivity index (χ4n) is 3.86. The molecule has 0 aliphatic rings. The van der Waals surface area contributed by atoms with Gasteiger partial charge in [0.2, 0.25) is 0 Å². The molecule has 2 atom stereocenters. The fraction of sp³-hybridized carbons (Fsp3) is 0.688.